The van der Waals surface area contributed by atoms with Gasteiger partial charge in [0.15, 0.2) is 0 Å². The average Bonchev–Trinajstić information content (AvgIpc) is 2.17. The Balaban J connectivity index is 3.71. The summed E-state index contributed by atoms with van der Waals surface area (Å²) >= 11 is 0. The van der Waals surface area contributed by atoms with Crippen LogP contribution < -0.4 is 16.8 Å². The van der Waals surface area contributed by atoms with Gasteiger partial charge in [-0.3, -0.25) is 0 Å². The Morgan fingerprint density at radius 1 is 1.23 bits per heavy atom. The molecule has 5 N–H and O–H groups in total. The van der Waals surface area contributed by atoms with Crippen LogP contribution in [0, 0.1) is 5.92 Å². The fraction of sp³-hybridized carbons (Fsp3) is 1.00. The molecule has 0 rings (SSSR count). The third kappa shape index (κ3) is 5.24. The van der Waals surface area contributed by atoms with Crippen LogP contribution in [0.5, 0.6) is 0 Å². The molecule has 3 nitrogen and oxygen atoms in total. The second kappa shape index (κ2) is 7.30. The first-order valence-electron chi connectivity index (χ1n) is 5.34. The molecule has 80 valence electrons. The third-order valence-corrected chi connectivity index (χ3v) is 2.72. The highest BCUT2D eigenvalue weighted by Crippen LogP contribution is 2.10. The highest BCUT2D eigenvalue weighted by Gasteiger charge is 2.13. The molecule has 0 radical (unpaired) electrons. The minimum atomic E-state index is 0.0955. The predicted octanol–water partition coefficient (Wildman–Crippen LogP) is 0.687. The van der Waals surface area contributed by atoms with E-state index in [4.69, 9.17) is 11.5 Å². The zero-order valence-electron chi connectivity index (χ0n) is 9.22. The normalized spacial score (nSPS) is 18.2. The van der Waals surface area contributed by atoms with Crippen LogP contribution in [0.25, 0.3) is 0 Å². The fourth-order valence-electron chi connectivity index (χ4n) is 1.42. The number of nitrogens with one attached hydrogen (secondary N) is 1. The van der Waals surface area contributed by atoms with Gasteiger partial charge < -0.3 is 16.8 Å². The van der Waals surface area contributed by atoms with Gasteiger partial charge in [-0.1, -0.05) is 27.2 Å². The number of hydrogen-bond donors (Lipinski definition) is 3. The largest absolute Gasteiger partial charge is 0.329 e. The van der Waals surface area contributed by atoms with Crippen molar-refractivity contribution in [2.75, 3.05) is 13.1 Å². The molecule has 0 aliphatic carbocycles. The van der Waals surface area contributed by atoms with Crippen molar-refractivity contribution >= 4 is 0 Å². The minimum absolute atomic E-state index is 0.0955. The molecule has 0 aromatic heterocycles. The summed E-state index contributed by atoms with van der Waals surface area (Å²) in [6.45, 7) is 8.09. The zero-order chi connectivity index (χ0) is 10.3. The molecular formula is C10H25N3. The first kappa shape index (κ1) is 12.9. The Labute approximate surface area is 82.3 Å². The molecule has 0 saturated heterocycles. The highest BCUT2D eigenvalue weighted by atomic mass is 14.9. The maximum Gasteiger partial charge on any atom is 0.0290 e. The Bertz CT molecular complexity index is 117. The summed E-state index contributed by atoms with van der Waals surface area (Å²) in [5.41, 5.74) is 11.2. The summed E-state index contributed by atoms with van der Waals surface area (Å²) in [4.78, 5) is 0. The molecule has 1 unspecified atom stereocenters. The molecule has 0 aromatic carbocycles. The van der Waals surface area contributed by atoms with Crippen molar-refractivity contribution in [1.29, 1.82) is 0 Å². The summed E-state index contributed by atoms with van der Waals surface area (Å²) < 4.78 is 0. The van der Waals surface area contributed by atoms with Gasteiger partial charge in [0.1, 0.15) is 0 Å². The molecule has 0 bridgehead atoms. The maximum absolute atomic E-state index is 5.73. The number of hydrogen-bond acceptors (Lipinski definition) is 3. The van der Waals surface area contributed by atoms with Crippen LogP contribution in [0.1, 0.15) is 33.6 Å². The molecular weight excluding hydrogens is 162 g/mol. The summed E-state index contributed by atoms with van der Waals surface area (Å²) in [7, 11) is 0. The molecule has 0 aliphatic rings. The van der Waals surface area contributed by atoms with Crippen molar-refractivity contribution < 1.29 is 0 Å². The average molecular weight is 187 g/mol. The molecule has 13 heavy (non-hydrogen) atoms. The number of nitrogens with two attached hydrogens (primary N) is 2. The van der Waals surface area contributed by atoms with E-state index in [1.807, 2.05) is 0 Å². The van der Waals surface area contributed by atoms with Crippen LogP contribution in [0.15, 0.2) is 0 Å². The summed E-state index contributed by atoms with van der Waals surface area (Å²) in [6.07, 6.45) is 2.37. The fourth-order valence-corrected chi connectivity index (χ4v) is 1.42. The molecule has 0 heterocycles. The summed E-state index contributed by atoms with van der Waals surface area (Å²) in [5, 5.41) is 3.47. The lowest BCUT2D eigenvalue weighted by Crippen LogP contribution is -2.45. The van der Waals surface area contributed by atoms with Crippen molar-refractivity contribution in [2.45, 2.75) is 45.7 Å². The second-order valence-corrected chi connectivity index (χ2v) is 3.80. The van der Waals surface area contributed by atoms with Crippen LogP contribution in [0.2, 0.25) is 0 Å². The Kier molecular flexibility index (Phi) is 7.23. The summed E-state index contributed by atoms with van der Waals surface area (Å²) in [6, 6.07) is 0.681. The van der Waals surface area contributed by atoms with Crippen LogP contribution >= 0.6 is 0 Å². The van der Waals surface area contributed by atoms with Gasteiger partial charge in [-0.15, -0.1) is 0 Å². The van der Waals surface area contributed by atoms with Crippen LogP contribution in [-0.2, 0) is 0 Å². The van der Waals surface area contributed by atoms with Gasteiger partial charge >= 0.3 is 0 Å². The molecule has 0 saturated carbocycles. The van der Waals surface area contributed by atoms with E-state index in [1.165, 1.54) is 6.42 Å². The van der Waals surface area contributed by atoms with E-state index in [-0.39, 0.29) is 6.04 Å². The third-order valence-electron chi connectivity index (χ3n) is 2.72. The lowest BCUT2D eigenvalue weighted by atomic mass is 9.97. The van der Waals surface area contributed by atoms with Gasteiger partial charge in [-0.2, -0.15) is 0 Å². The van der Waals surface area contributed by atoms with E-state index in [1.54, 1.807) is 0 Å². The van der Waals surface area contributed by atoms with Gasteiger partial charge in [-0.25, -0.2) is 0 Å². The lowest BCUT2D eigenvalue weighted by Gasteiger charge is -2.24. The molecule has 0 fully saturated rings. The van der Waals surface area contributed by atoms with Crippen molar-refractivity contribution in [3.8, 4) is 0 Å². The standard InChI is InChI=1S/C10H25N3/c1-4-8(3)10(5-2)13-7-9(12)6-11/h8-10,13H,4-7,11-12H2,1-3H3/t8?,9-,10+/m0/s1. The lowest BCUT2D eigenvalue weighted by molar-refractivity contribution is 0.349. The van der Waals surface area contributed by atoms with E-state index < -0.39 is 0 Å². The van der Waals surface area contributed by atoms with Crippen molar-refractivity contribution in [2.24, 2.45) is 17.4 Å². The van der Waals surface area contributed by atoms with E-state index in [2.05, 4.69) is 26.1 Å². The highest BCUT2D eigenvalue weighted by molar-refractivity contribution is 4.74. The van der Waals surface area contributed by atoms with Crippen molar-refractivity contribution in [3.05, 3.63) is 0 Å². The molecule has 3 atom stereocenters. The van der Waals surface area contributed by atoms with Gasteiger partial charge in [-0.05, 0) is 12.3 Å². The molecule has 0 aliphatic heterocycles. The smallest absolute Gasteiger partial charge is 0.0290 e. The van der Waals surface area contributed by atoms with Crippen LogP contribution in [0.4, 0.5) is 0 Å². The van der Waals surface area contributed by atoms with Gasteiger partial charge in [0.05, 0.1) is 0 Å². The Morgan fingerprint density at radius 3 is 2.23 bits per heavy atom. The molecule has 0 spiro atoms. The molecule has 0 aromatic rings. The maximum atomic E-state index is 5.73. The van der Waals surface area contributed by atoms with E-state index >= 15 is 0 Å². The SMILES string of the molecule is CCC(C)[C@@H](CC)NC[C@@H](N)CN. The Morgan fingerprint density at radius 2 is 1.85 bits per heavy atom. The topological polar surface area (TPSA) is 64.1 Å². The van der Waals surface area contributed by atoms with Crippen LogP contribution in [-0.4, -0.2) is 25.2 Å². The number of rotatable bonds is 7. The molecule has 0 amide bonds. The van der Waals surface area contributed by atoms with E-state index in [9.17, 15) is 0 Å². The predicted molar refractivity (Wildman–Crippen MR) is 58.6 cm³/mol. The first-order chi connectivity index (χ1) is 6.15. The van der Waals surface area contributed by atoms with E-state index in [0.717, 1.165) is 18.9 Å². The van der Waals surface area contributed by atoms with Gasteiger partial charge in [0, 0.05) is 25.2 Å². The zero-order valence-corrected chi connectivity index (χ0v) is 9.22. The van der Waals surface area contributed by atoms with Crippen molar-refractivity contribution in [1.82, 2.24) is 5.32 Å². The van der Waals surface area contributed by atoms with Gasteiger partial charge in [0.2, 0.25) is 0 Å². The Hall–Kier alpha value is -0.120. The van der Waals surface area contributed by atoms with E-state index in [0.29, 0.717) is 12.6 Å². The van der Waals surface area contributed by atoms with Crippen LogP contribution in [0.3, 0.4) is 0 Å². The summed E-state index contributed by atoms with van der Waals surface area (Å²) in [5.74, 6) is 0.718. The van der Waals surface area contributed by atoms with Crippen molar-refractivity contribution in [3.63, 3.8) is 0 Å². The molecule has 3 heteroatoms. The first-order valence-corrected chi connectivity index (χ1v) is 5.34. The second-order valence-electron chi connectivity index (χ2n) is 3.80. The quantitative estimate of drug-likeness (QED) is 0.549. The minimum Gasteiger partial charge on any atom is -0.329 e. The monoisotopic (exact) mass is 187 g/mol. The van der Waals surface area contributed by atoms with Gasteiger partial charge in [0.25, 0.3) is 0 Å².